The molecule has 1 N–H and O–H groups in total. The second-order valence-corrected chi connectivity index (χ2v) is 4.84. The molecular weight excluding hydrogens is 249 g/mol. The van der Waals surface area contributed by atoms with E-state index in [4.69, 9.17) is 0 Å². The van der Waals surface area contributed by atoms with Crippen molar-refractivity contribution in [1.82, 2.24) is 10.2 Å². The van der Waals surface area contributed by atoms with Crippen LogP contribution in [0.3, 0.4) is 0 Å². The molecule has 0 radical (unpaired) electrons. The van der Waals surface area contributed by atoms with Crippen molar-refractivity contribution >= 4 is 11.8 Å². The fourth-order valence-corrected chi connectivity index (χ4v) is 2.72. The van der Waals surface area contributed by atoms with Gasteiger partial charge < -0.3 is 10.2 Å². The summed E-state index contributed by atoms with van der Waals surface area (Å²) in [5.41, 5.74) is 0. The van der Waals surface area contributed by atoms with E-state index in [1.165, 1.54) is 0 Å². The average Bonchev–Trinajstić information content (AvgIpc) is 2.25. The van der Waals surface area contributed by atoms with E-state index in [9.17, 15) is 22.8 Å². The SMILES string of the molecule is O=C1CN(C(=O)CC(F)(F)F)C2CCCCC2N1. The Morgan fingerprint density at radius 3 is 2.67 bits per heavy atom. The number of hydrogen-bond acceptors (Lipinski definition) is 2. The molecule has 0 aromatic heterocycles. The lowest BCUT2D eigenvalue weighted by Gasteiger charge is -2.44. The van der Waals surface area contributed by atoms with Gasteiger partial charge in [0.25, 0.3) is 0 Å². The van der Waals surface area contributed by atoms with E-state index in [2.05, 4.69) is 5.32 Å². The van der Waals surface area contributed by atoms with Gasteiger partial charge in [0.05, 0.1) is 12.6 Å². The third kappa shape index (κ3) is 2.94. The van der Waals surface area contributed by atoms with Gasteiger partial charge in [-0.2, -0.15) is 13.2 Å². The molecule has 1 saturated carbocycles. The maximum Gasteiger partial charge on any atom is 0.397 e. The molecule has 1 aliphatic heterocycles. The predicted molar refractivity (Wildman–Crippen MR) is 56.6 cm³/mol. The van der Waals surface area contributed by atoms with Gasteiger partial charge in [-0.25, -0.2) is 0 Å². The monoisotopic (exact) mass is 264 g/mol. The zero-order chi connectivity index (χ0) is 13.3. The number of amides is 2. The van der Waals surface area contributed by atoms with Gasteiger partial charge in [-0.05, 0) is 12.8 Å². The maximum absolute atomic E-state index is 12.2. The van der Waals surface area contributed by atoms with Crippen molar-refractivity contribution in [3.8, 4) is 0 Å². The van der Waals surface area contributed by atoms with E-state index >= 15 is 0 Å². The van der Waals surface area contributed by atoms with Crippen LogP contribution in [0.25, 0.3) is 0 Å². The number of alkyl halides is 3. The van der Waals surface area contributed by atoms with E-state index in [0.29, 0.717) is 6.42 Å². The summed E-state index contributed by atoms with van der Waals surface area (Å²) in [5, 5.41) is 2.75. The normalized spacial score (nSPS) is 28.6. The number of nitrogens with zero attached hydrogens (tertiary/aromatic N) is 1. The Balaban J connectivity index is 2.09. The van der Waals surface area contributed by atoms with Gasteiger partial charge in [-0.15, -0.1) is 0 Å². The molecule has 2 rings (SSSR count). The summed E-state index contributed by atoms with van der Waals surface area (Å²) >= 11 is 0. The van der Waals surface area contributed by atoms with Gasteiger partial charge in [0, 0.05) is 6.04 Å². The quantitative estimate of drug-likeness (QED) is 0.774. The van der Waals surface area contributed by atoms with E-state index < -0.39 is 18.5 Å². The predicted octanol–water partition coefficient (Wildman–Crippen LogP) is 1.21. The Hall–Kier alpha value is -1.27. The van der Waals surface area contributed by atoms with E-state index in [1.807, 2.05) is 0 Å². The van der Waals surface area contributed by atoms with Gasteiger partial charge in [0.1, 0.15) is 6.42 Å². The van der Waals surface area contributed by atoms with Crippen LogP contribution in [-0.4, -0.2) is 41.5 Å². The fourth-order valence-electron chi connectivity index (χ4n) is 2.72. The lowest BCUT2D eigenvalue weighted by atomic mass is 9.87. The highest BCUT2D eigenvalue weighted by Gasteiger charge is 2.42. The van der Waals surface area contributed by atoms with Gasteiger partial charge >= 0.3 is 6.18 Å². The molecule has 0 aromatic carbocycles. The molecule has 0 bridgehead atoms. The third-order valence-corrected chi connectivity index (χ3v) is 3.46. The molecule has 7 heteroatoms. The highest BCUT2D eigenvalue weighted by Crippen LogP contribution is 2.28. The summed E-state index contributed by atoms with van der Waals surface area (Å²) in [6.45, 7) is -0.254. The van der Waals surface area contributed by atoms with Crippen molar-refractivity contribution < 1.29 is 22.8 Å². The van der Waals surface area contributed by atoms with Crippen molar-refractivity contribution in [3.05, 3.63) is 0 Å². The molecule has 1 aliphatic carbocycles. The first-order valence-electron chi connectivity index (χ1n) is 6.02. The lowest BCUT2D eigenvalue weighted by Crippen LogP contribution is -2.63. The number of fused-ring (bicyclic) bond motifs is 1. The van der Waals surface area contributed by atoms with Crippen molar-refractivity contribution in [2.45, 2.75) is 50.4 Å². The van der Waals surface area contributed by atoms with Crippen LogP contribution in [0.4, 0.5) is 13.2 Å². The molecule has 2 atom stereocenters. The Bertz CT molecular complexity index is 357. The first-order valence-corrected chi connectivity index (χ1v) is 6.02. The molecule has 18 heavy (non-hydrogen) atoms. The molecule has 2 unspecified atom stereocenters. The molecular formula is C11H15F3N2O2. The summed E-state index contributed by atoms with van der Waals surface area (Å²) in [4.78, 5) is 24.2. The number of rotatable bonds is 1. The Kier molecular flexibility index (Phi) is 3.49. The molecule has 4 nitrogen and oxygen atoms in total. The highest BCUT2D eigenvalue weighted by molar-refractivity contribution is 5.87. The van der Waals surface area contributed by atoms with Crippen LogP contribution in [0, 0.1) is 0 Å². The molecule has 2 aliphatic rings. The molecule has 0 spiro atoms. The number of hydrogen-bond donors (Lipinski definition) is 1. The summed E-state index contributed by atoms with van der Waals surface area (Å²) in [6, 6.07) is -0.455. The average molecular weight is 264 g/mol. The second-order valence-electron chi connectivity index (χ2n) is 4.84. The highest BCUT2D eigenvalue weighted by atomic mass is 19.4. The number of nitrogens with one attached hydrogen (secondary N) is 1. The minimum absolute atomic E-state index is 0.183. The van der Waals surface area contributed by atoms with Crippen LogP contribution < -0.4 is 5.32 Å². The first kappa shape index (κ1) is 13.2. The molecule has 2 fully saturated rings. The largest absolute Gasteiger partial charge is 0.397 e. The van der Waals surface area contributed by atoms with E-state index in [-0.39, 0.29) is 24.5 Å². The number of carbonyl (C=O) groups excluding carboxylic acids is 2. The van der Waals surface area contributed by atoms with E-state index in [0.717, 1.165) is 24.2 Å². The smallest absolute Gasteiger partial charge is 0.350 e. The maximum atomic E-state index is 12.2. The van der Waals surface area contributed by atoms with Crippen molar-refractivity contribution in [1.29, 1.82) is 0 Å². The van der Waals surface area contributed by atoms with Crippen LogP contribution in [-0.2, 0) is 9.59 Å². The van der Waals surface area contributed by atoms with Crippen molar-refractivity contribution in [2.24, 2.45) is 0 Å². The Morgan fingerprint density at radius 1 is 1.33 bits per heavy atom. The second kappa shape index (κ2) is 4.78. The Labute approximate surface area is 103 Å². The summed E-state index contributed by atoms with van der Waals surface area (Å²) in [5.74, 6) is -1.36. The molecule has 0 aromatic rings. The van der Waals surface area contributed by atoms with Crippen LogP contribution in [0.1, 0.15) is 32.1 Å². The van der Waals surface area contributed by atoms with Crippen LogP contribution in [0.5, 0.6) is 0 Å². The van der Waals surface area contributed by atoms with Gasteiger partial charge in [0.2, 0.25) is 11.8 Å². The molecule has 102 valence electrons. The topological polar surface area (TPSA) is 49.4 Å². The molecule has 1 heterocycles. The number of piperazine rings is 1. The van der Waals surface area contributed by atoms with Gasteiger partial charge in [0.15, 0.2) is 0 Å². The minimum atomic E-state index is -4.52. The number of carbonyl (C=O) groups is 2. The standard InChI is InChI=1S/C11H15F3N2O2/c12-11(13,14)5-10(18)16-6-9(17)15-7-3-1-2-4-8(7)16/h7-8H,1-6H2,(H,15,17). The summed E-state index contributed by atoms with van der Waals surface area (Å²) in [7, 11) is 0. The van der Waals surface area contributed by atoms with Crippen LogP contribution in [0.2, 0.25) is 0 Å². The van der Waals surface area contributed by atoms with Gasteiger partial charge in [-0.3, -0.25) is 9.59 Å². The lowest BCUT2D eigenvalue weighted by molar-refractivity contribution is -0.167. The van der Waals surface area contributed by atoms with Crippen LogP contribution in [0.15, 0.2) is 0 Å². The zero-order valence-corrected chi connectivity index (χ0v) is 9.79. The van der Waals surface area contributed by atoms with Gasteiger partial charge in [-0.1, -0.05) is 12.8 Å². The number of halogens is 3. The Morgan fingerprint density at radius 2 is 2.00 bits per heavy atom. The van der Waals surface area contributed by atoms with E-state index in [1.54, 1.807) is 0 Å². The zero-order valence-electron chi connectivity index (χ0n) is 9.79. The fraction of sp³-hybridized carbons (Fsp3) is 0.818. The summed E-state index contributed by atoms with van der Waals surface area (Å²) < 4.78 is 36.7. The third-order valence-electron chi connectivity index (χ3n) is 3.46. The first-order chi connectivity index (χ1) is 8.37. The minimum Gasteiger partial charge on any atom is -0.350 e. The van der Waals surface area contributed by atoms with Crippen molar-refractivity contribution in [3.63, 3.8) is 0 Å². The van der Waals surface area contributed by atoms with Crippen LogP contribution >= 0.6 is 0 Å². The summed E-state index contributed by atoms with van der Waals surface area (Å²) in [6.07, 6.45) is -2.80. The molecule has 1 saturated heterocycles. The molecule has 2 amide bonds. The van der Waals surface area contributed by atoms with Crippen molar-refractivity contribution in [2.75, 3.05) is 6.54 Å².